The Morgan fingerprint density at radius 3 is 2.59 bits per heavy atom. The van der Waals surface area contributed by atoms with E-state index in [0.717, 1.165) is 6.42 Å². The van der Waals surface area contributed by atoms with Crippen molar-refractivity contribution in [3.63, 3.8) is 0 Å². The summed E-state index contributed by atoms with van der Waals surface area (Å²) in [6.07, 6.45) is 3.36. The van der Waals surface area contributed by atoms with Gasteiger partial charge in [0.2, 0.25) is 5.91 Å². The van der Waals surface area contributed by atoms with Gasteiger partial charge in [0.15, 0.2) is 0 Å². The number of piperidine rings is 1. The molecule has 1 aromatic rings. The predicted octanol–water partition coefficient (Wildman–Crippen LogP) is 0.981. The van der Waals surface area contributed by atoms with Gasteiger partial charge in [-0.3, -0.25) is 9.59 Å². The molecule has 17 heavy (non-hydrogen) atoms. The molecule has 0 aromatic heterocycles. The van der Waals surface area contributed by atoms with Crippen LogP contribution in [0.25, 0.3) is 0 Å². The van der Waals surface area contributed by atoms with Crippen LogP contribution in [0.3, 0.4) is 0 Å². The molecular weight excluding hydrogens is 216 g/mol. The standard InChI is InChI=1S/C13H15N2O2/c14-12(16)11-8-4-5-9-15(11)13(17)10-6-2-1-3-7-10/h1-4,6-7,11H,5,8-9H2,(H2,14,16). The summed E-state index contributed by atoms with van der Waals surface area (Å²) >= 11 is 0. The molecule has 1 aromatic carbocycles. The highest BCUT2D eigenvalue weighted by Gasteiger charge is 2.30. The van der Waals surface area contributed by atoms with Gasteiger partial charge in [-0.25, -0.2) is 0 Å². The second-order valence-corrected chi connectivity index (χ2v) is 4.10. The quantitative estimate of drug-likeness (QED) is 0.824. The lowest BCUT2D eigenvalue weighted by atomic mass is 10.0. The van der Waals surface area contributed by atoms with E-state index < -0.39 is 11.9 Å². The van der Waals surface area contributed by atoms with Crippen LogP contribution in [0.5, 0.6) is 0 Å². The first-order valence-corrected chi connectivity index (χ1v) is 5.67. The normalized spacial score (nSPS) is 20.0. The van der Waals surface area contributed by atoms with Crippen molar-refractivity contribution in [3.05, 3.63) is 42.3 Å². The fourth-order valence-corrected chi connectivity index (χ4v) is 2.05. The number of nitrogens with zero attached hydrogens (tertiary/aromatic N) is 1. The number of carbonyl (C=O) groups is 2. The molecule has 1 atom stereocenters. The van der Waals surface area contributed by atoms with Gasteiger partial charge < -0.3 is 10.6 Å². The van der Waals surface area contributed by atoms with Crippen molar-refractivity contribution in [1.29, 1.82) is 0 Å². The molecule has 4 nitrogen and oxygen atoms in total. The van der Waals surface area contributed by atoms with Gasteiger partial charge in [0, 0.05) is 12.1 Å². The number of benzene rings is 1. The molecule has 1 fully saturated rings. The highest BCUT2D eigenvalue weighted by atomic mass is 16.2. The van der Waals surface area contributed by atoms with Crippen LogP contribution in [0.1, 0.15) is 23.2 Å². The van der Waals surface area contributed by atoms with Crippen molar-refractivity contribution in [2.24, 2.45) is 5.73 Å². The largest absolute Gasteiger partial charge is 0.368 e. The SMILES string of the molecule is NC(=O)C1C[CH]CCN1C(=O)c1ccccc1. The first-order chi connectivity index (χ1) is 8.20. The molecular formula is C13H15N2O2. The van der Waals surface area contributed by atoms with Crippen LogP contribution in [0.2, 0.25) is 0 Å². The van der Waals surface area contributed by atoms with Gasteiger partial charge in [-0.1, -0.05) is 18.2 Å². The van der Waals surface area contributed by atoms with E-state index in [1.807, 2.05) is 24.6 Å². The lowest BCUT2D eigenvalue weighted by molar-refractivity contribution is -0.122. The van der Waals surface area contributed by atoms with Gasteiger partial charge >= 0.3 is 0 Å². The lowest BCUT2D eigenvalue weighted by Gasteiger charge is -2.33. The molecule has 1 radical (unpaired) electrons. The average Bonchev–Trinajstić information content (AvgIpc) is 2.39. The molecule has 1 aliphatic rings. The van der Waals surface area contributed by atoms with E-state index in [1.54, 1.807) is 17.0 Å². The number of nitrogens with two attached hydrogens (primary N) is 1. The summed E-state index contributed by atoms with van der Waals surface area (Å²) in [7, 11) is 0. The van der Waals surface area contributed by atoms with Gasteiger partial charge in [-0.05, 0) is 31.4 Å². The maximum absolute atomic E-state index is 12.2. The Morgan fingerprint density at radius 1 is 1.24 bits per heavy atom. The first kappa shape index (κ1) is 11.6. The molecule has 0 aliphatic carbocycles. The molecule has 1 heterocycles. The number of hydrogen-bond acceptors (Lipinski definition) is 2. The lowest BCUT2D eigenvalue weighted by Crippen LogP contribution is -2.50. The van der Waals surface area contributed by atoms with Crippen LogP contribution in [0, 0.1) is 6.42 Å². The number of likely N-dealkylation sites (tertiary alicyclic amines) is 1. The van der Waals surface area contributed by atoms with E-state index in [0.29, 0.717) is 18.5 Å². The smallest absolute Gasteiger partial charge is 0.254 e. The Kier molecular flexibility index (Phi) is 3.42. The fourth-order valence-electron chi connectivity index (χ4n) is 2.05. The van der Waals surface area contributed by atoms with Crippen molar-refractivity contribution >= 4 is 11.8 Å². The summed E-state index contributed by atoms with van der Waals surface area (Å²) in [5, 5.41) is 0. The summed E-state index contributed by atoms with van der Waals surface area (Å²) in [5.74, 6) is -0.562. The van der Waals surface area contributed by atoms with Crippen LogP contribution in [-0.2, 0) is 4.79 Å². The second kappa shape index (κ2) is 4.99. The first-order valence-electron chi connectivity index (χ1n) is 5.67. The van der Waals surface area contributed by atoms with Crippen LogP contribution in [-0.4, -0.2) is 29.3 Å². The topological polar surface area (TPSA) is 63.4 Å². The molecule has 89 valence electrons. The predicted molar refractivity (Wildman–Crippen MR) is 64.0 cm³/mol. The molecule has 4 heteroatoms. The molecule has 1 aliphatic heterocycles. The number of rotatable bonds is 2. The summed E-state index contributed by atoms with van der Waals surface area (Å²) < 4.78 is 0. The number of amides is 2. The summed E-state index contributed by atoms with van der Waals surface area (Å²) in [6.45, 7) is 0.557. The van der Waals surface area contributed by atoms with Gasteiger partial charge in [-0.2, -0.15) is 0 Å². The molecule has 1 saturated heterocycles. The number of carbonyl (C=O) groups excluding carboxylic acids is 2. The average molecular weight is 231 g/mol. The summed E-state index contributed by atoms with van der Waals surface area (Å²) in [6, 6.07) is 8.46. The molecule has 0 saturated carbocycles. The van der Waals surface area contributed by atoms with Gasteiger partial charge in [0.05, 0.1) is 0 Å². The zero-order chi connectivity index (χ0) is 12.3. The van der Waals surface area contributed by atoms with Crippen LogP contribution >= 0.6 is 0 Å². The van der Waals surface area contributed by atoms with E-state index >= 15 is 0 Å². The Balaban J connectivity index is 2.20. The van der Waals surface area contributed by atoms with E-state index in [2.05, 4.69) is 0 Å². The van der Waals surface area contributed by atoms with E-state index in [4.69, 9.17) is 5.73 Å². The Morgan fingerprint density at radius 2 is 1.94 bits per heavy atom. The molecule has 0 bridgehead atoms. The zero-order valence-electron chi connectivity index (χ0n) is 9.50. The minimum absolute atomic E-state index is 0.123. The molecule has 2 rings (SSSR count). The Bertz CT molecular complexity index is 417. The third-order valence-corrected chi connectivity index (χ3v) is 2.95. The summed E-state index contributed by atoms with van der Waals surface area (Å²) in [5.41, 5.74) is 5.92. The van der Waals surface area contributed by atoms with Crippen molar-refractivity contribution in [1.82, 2.24) is 4.90 Å². The van der Waals surface area contributed by atoms with E-state index in [9.17, 15) is 9.59 Å². The number of primary amides is 1. The highest BCUT2D eigenvalue weighted by molar-refractivity contribution is 5.97. The van der Waals surface area contributed by atoms with E-state index in [-0.39, 0.29) is 5.91 Å². The third kappa shape index (κ3) is 2.46. The van der Waals surface area contributed by atoms with Crippen molar-refractivity contribution in [3.8, 4) is 0 Å². The van der Waals surface area contributed by atoms with Crippen molar-refractivity contribution in [2.75, 3.05) is 6.54 Å². The van der Waals surface area contributed by atoms with Gasteiger partial charge in [0.25, 0.3) is 5.91 Å². The van der Waals surface area contributed by atoms with Crippen molar-refractivity contribution in [2.45, 2.75) is 18.9 Å². The van der Waals surface area contributed by atoms with Crippen LogP contribution in [0.15, 0.2) is 30.3 Å². The van der Waals surface area contributed by atoms with Gasteiger partial charge in [-0.15, -0.1) is 0 Å². The third-order valence-electron chi connectivity index (χ3n) is 2.95. The van der Waals surface area contributed by atoms with Crippen molar-refractivity contribution < 1.29 is 9.59 Å². The molecule has 2 amide bonds. The Hall–Kier alpha value is -1.84. The maximum Gasteiger partial charge on any atom is 0.254 e. The summed E-state index contributed by atoms with van der Waals surface area (Å²) in [4.78, 5) is 25.1. The minimum atomic E-state index is -0.503. The fraction of sp³-hybridized carbons (Fsp3) is 0.308. The highest BCUT2D eigenvalue weighted by Crippen LogP contribution is 2.18. The zero-order valence-corrected chi connectivity index (χ0v) is 9.50. The number of hydrogen-bond donors (Lipinski definition) is 1. The molecule has 0 spiro atoms. The van der Waals surface area contributed by atoms with Gasteiger partial charge in [0.1, 0.15) is 6.04 Å². The maximum atomic E-state index is 12.2. The van der Waals surface area contributed by atoms with Crippen LogP contribution < -0.4 is 5.73 Å². The molecule has 2 N–H and O–H groups in total. The van der Waals surface area contributed by atoms with Crippen LogP contribution in [0.4, 0.5) is 0 Å². The monoisotopic (exact) mass is 231 g/mol. The minimum Gasteiger partial charge on any atom is -0.368 e. The molecule has 1 unspecified atom stereocenters. The Labute approximate surface area is 100 Å². The van der Waals surface area contributed by atoms with E-state index in [1.165, 1.54) is 0 Å². The second-order valence-electron chi connectivity index (χ2n) is 4.10.